The maximum atomic E-state index is 10.7. The first-order valence-electron chi connectivity index (χ1n) is 16.5. The number of rotatable bonds is 5. The van der Waals surface area contributed by atoms with Gasteiger partial charge in [-0.05, 0) is 98.4 Å². The van der Waals surface area contributed by atoms with Crippen molar-refractivity contribution in [3.8, 4) is 46.0 Å². The van der Waals surface area contributed by atoms with Gasteiger partial charge in [-0.15, -0.1) is 0 Å². The summed E-state index contributed by atoms with van der Waals surface area (Å²) in [6, 6.07) is 18.7. The fraction of sp³-hybridized carbons (Fsp3) is 0.385. The minimum absolute atomic E-state index is 0.106. The topological polar surface area (TPSA) is 82.1 Å². The Bertz CT molecular complexity index is 1820. The van der Waals surface area contributed by atoms with Crippen LogP contribution in [0.2, 0.25) is 0 Å². The van der Waals surface area contributed by atoms with E-state index in [0.29, 0.717) is 46.7 Å². The van der Waals surface area contributed by atoms with Crippen LogP contribution in [-0.2, 0) is 32.3 Å². The van der Waals surface area contributed by atoms with Crippen LogP contribution in [0.4, 0.5) is 0 Å². The minimum atomic E-state index is -0.152. The van der Waals surface area contributed by atoms with Crippen LogP contribution in [0, 0.1) is 0 Å². The van der Waals surface area contributed by atoms with Crippen molar-refractivity contribution in [1.82, 2.24) is 9.80 Å². The molecule has 0 aromatic heterocycles. The predicted molar refractivity (Wildman–Crippen MR) is 184 cm³/mol. The maximum absolute atomic E-state index is 10.7. The Morgan fingerprint density at radius 1 is 0.708 bits per heavy atom. The molecule has 0 saturated carbocycles. The molecule has 0 radical (unpaired) electrons. The number of aliphatic hydroxyl groups excluding tert-OH is 1. The van der Waals surface area contributed by atoms with Gasteiger partial charge in [0, 0.05) is 41.9 Å². The zero-order valence-electron chi connectivity index (χ0n) is 28.6. The Hall–Kier alpha value is -4.44. The molecular weight excluding hydrogens is 608 g/mol. The van der Waals surface area contributed by atoms with Gasteiger partial charge in [0.2, 0.25) is 11.5 Å². The fourth-order valence-electron chi connectivity index (χ4n) is 7.63. The summed E-state index contributed by atoms with van der Waals surface area (Å²) in [6.07, 6.45) is 3.09. The van der Waals surface area contributed by atoms with E-state index in [1.165, 1.54) is 16.7 Å². The minimum Gasteiger partial charge on any atom is -0.493 e. The number of hydrogen-bond donors (Lipinski definition) is 1. The number of benzene rings is 4. The molecule has 4 aliphatic rings. The number of ether oxygens (including phenoxy) is 6. The van der Waals surface area contributed by atoms with Crippen molar-refractivity contribution in [3.63, 3.8) is 0 Å². The van der Waals surface area contributed by atoms with E-state index < -0.39 is 0 Å². The van der Waals surface area contributed by atoms with Gasteiger partial charge in [0.15, 0.2) is 23.0 Å². The third kappa shape index (κ3) is 5.59. The second-order valence-corrected chi connectivity index (χ2v) is 12.9. The normalized spacial score (nSPS) is 18.9. The van der Waals surface area contributed by atoms with Crippen molar-refractivity contribution < 1.29 is 33.5 Å². The third-order valence-corrected chi connectivity index (χ3v) is 10.2. The number of likely N-dealkylation sites (N-methyl/N-ethyl adjacent to an activating group) is 2. The van der Waals surface area contributed by atoms with E-state index in [9.17, 15) is 5.11 Å². The molecule has 0 aliphatic carbocycles. The lowest BCUT2D eigenvalue weighted by Gasteiger charge is -2.38. The van der Waals surface area contributed by atoms with E-state index >= 15 is 0 Å². The van der Waals surface area contributed by atoms with Crippen LogP contribution in [0.25, 0.3) is 0 Å². The number of methoxy groups -OCH3 is 4. The molecule has 0 saturated heterocycles. The predicted octanol–water partition coefficient (Wildman–Crippen LogP) is 6.65. The molecule has 252 valence electrons. The first-order chi connectivity index (χ1) is 23.4. The highest BCUT2D eigenvalue weighted by atomic mass is 16.5. The standard InChI is InChI=1S/C39H44N2O7/c1-40-15-13-25-20-26(22-42)33-21-29(25)30(40)17-23-7-10-27(11-8-23)47-34-19-24(9-12-32(34)43-3)18-31-35-28(14-16-41(31)2)36(44-4)38(45-5)39(46-6)37(35)48-33/h7-12,19-21,30-31,42H,13-18,22H2,1-6H3/t30-,31+/m0/s1. The van der Waals surface area contributed by atoms with Crippen LogP contribution in [0.1, 0.15) is 51.0 Å². The van der Waals surface area contributed by atoms with Gasteiger partial charge >= 0.3 is 0 Å². The first kappa shape index (κ1) is 32.1. The van der Waals surface area contributed by atoms with E-state index in [0.717, 1.165) is 60.4 Å². The largest absolute Gasteiger partial charge is 0.493 e. The molecule has 4 heterocycles. The molecule has 48 heavy (non-hydrogen) atoms. The summed E-state index contributed by atoms with van der Waals surface area (Å²) in [6.45, 7) is 1.58. The Balaban J connectivity index is 1.50. The smallest absolute Gasteiger partial charge is 0.208 e. The van der Waals surface area contributed by atoms with E-state index in [1.54, 1.807) is 28.4 Å². The Kier molecular flexibility index (Phi) is 8.85. The van der Waals surface area contributed by atoms with Crippen LogP contribution in [0.5, 0.6) is 46.0 Å². The van der Waals surface area contributed by atoms with E-state index in [1.807, 2.05) is 18.2 Å². The second-order valence-electron chi connectivity index (χ2n) is 12.9. The molecule has 9 nitrogen and oxygen atoms in total. The maximum Gasteiger partial charge on any atom is 0.208 e. The SMILES string of the molecule is COc1ccc2cc1Oc1ccc(cc1)C[C@H]1c3cc(c(CO)cc3CCN1C)Oc1c(OC)c(OC)c(OC)c3c1[C@@H](C2)N(C)CC3. The first-order valence-corrected chi connectivity index (χ1v) is 16.5. The molecule has 0 amide bonds. The van der Waals surface area contributed by atoms with Gasteiger partial charge in [-0.2, -0.15) is 0 Å². The van der Waals surface area contributed by atoms with Gasteiger partial charge in [0.1, 0.15) is 11.5 Å². The van der Waals surface area contributed by atoms with Crippen LogP contribution in [0.3, 0.4) is 0 Å². The molecule has 2 atom stereocenters. The highest BCUT2D eigenvalue weighted by molar-refractivity contribution is 5.70. The summed E-state index contributed by atoms with van der Waals surface area (Å²) in [7, 11) is 10.9. The zero-order valence-corrected chi connectivity index (χ0v) is 28.6. The van der Waals surface area contributed by atoms with Gasteiger partial charge in [-0.3, -0.25) is 9.80 Å². The van der Waals surface area contributed by atoms with Crippen LogP contribution >= 0.6 is 0 Å². The lowest BCUT2D eigenvalue weighted by molar-refractivity contribution is 0.215. The van der Waals surface area contributed by atoms with Crippen molar-refractivity contribution >= 4 is 0 Å². The summed E-state index contributed by atoms with van der Waals surface area (Å²) in [4.78, 5) is 4.74. The van der Waals surface area contributed by atoms with Gasteiger partial charge < -0.3 is 33.5 Å². The Morgan fingerprint density at radius 3 is 2.10 bits per heavy atom. The second kappa shape index (κ2) is 13.2. The molecule has 4 aromatic carbocycles. The fourth-order valence-corrected chi connectivity index (χ4v) is 7.63. The molecule has 9 heteroatoms. The molecule has 1 N–H and O–H groups in total. The summed E-state index contributed by atoms with van der Waals surface area (Å²) < 4.78 is 37.3. The third-order valence-electron chi connectivity index (χ3n) is 10.2. The zero-order chi connectivity index (χ0) is 33.5. The molecule has 4 aromatic rings. The van der Waals surface area contributed by atoms with Crippen molar-refractivity contribution in [3.05, 3.63) is 93.5 Å². The van der Waals surface area contributed by atoms with Gasteiger partial charge in [-0.25, -0.2) is 0 Å². The number of nitrogens with zero attached hydrogens (tertiary/aromatic N) is 2. The lowest BCUT2D eigenvalue weighted by atomic mass is 9.86. The Morgan fingerprint density at radius 2 is 1.40 bits per heavy atom. The molecule has 8 rings (SSSR count). The summed E-state index contributed by atoms with van der Waals surface area (Å²) >= 11 is 0. The van der Waals surface area contributed by atoms with Crippen molar-refractivity contribution in [1.29, 1.82) is 0 Å². The molecule has 0 unspecified atom stereocenters. The molecular formula is C39H44N2O7. The average Bonchev–Trinajstić information content (AvgIpc) is 3.10. The number of hydrogen-bond acceptors (Lipinski definition) is 9. The molecule has 0 spiro atoms. The van der Waals surface area contributed by atoms with Crippen molar-refractivity contribution in [2.24, 2.45) is 0 Å². The van der Waals surface area contributed by atoms with Crippen LogP contribution in [-0.4, -0.2) is 70.5 Å². The average molecular weight is 653 g/mol. The Labute approximate surface area is 282 Å². The summed E-state index contributed by atoms with van der Waals surface area (Å²) in [5.74, 6) is 4.83. The van der Waals surface area contributed by atoms with Crippen molar-refractivity contribution in [2.45, 2.75) is 44.4 Å². The van der Waals surface area contributed by atoms with E-state index in [4.69, 9.17) is 28.4 Å². The summed E-state index contributed by atoms with van der Waals surface area (Å²) in [5.41, 5.74) is 7.43. The highest BCUT2D eigenvalue weighted by Crippen LogP contribution is 2.56. The van der Waals surface area contributed by atoms with Gasteiger partial charge in [0.25, 0.3) is 0 Å². The monoisotopic (exact) mass is 652 g/mol. The summed E-state index contributed by atoms with van der Waals surface area (Å²) in [5, 5.41) is 10.7. The molecule has 0 fully saturated rings. The molecule has 4 aliphatic heterocycles. The number of aliphatic hydroxyl groups is 1. The van der Waals surface area contributed by atoms with Gasteiger partial charge in [0.05, 0.1) is 35.0 Å². The molecule has 6 bridgehead atoms. The van der Waals surface area contributed by atoms with E-state index in [-0.39, 0.29) is 18.7 Å². The van der Waals surface area contributed by atoms with E-state index in [2.05, 4.69) is 60.3 Å². The quantitative estimate of drug-likeness (QED) is 0.255. The van der Waals surface area contributed by atoms with Crippen LogP contribution < -0.4 is 28.4 Å². The lowest BCUT2D eigenvalue weighted by Crippen LogP contribution is -2.34. The van der Waals surface area contributed by atoms with Gasteiger partial charge in [-0.1, -0.05) is 18.2 Å². The highest BCUT2D eigenvalue weighted by Gasteiger charge is 2.37. The number of fused-ring (bicyclic) bond motifs is 2. The van der Waals surface area contributed by atoms with Crippen LogP contribution in [0.15, 0.2) is 54.6 Å². The van der Waals surface area contributed by atoms with Crippen molar-refractivity contribution in [2.75, 3.05) is 55.6 Å².